The molecule has 1 aromatic heterocycles. The number of nitrogens with one attached hydrogen (secondary N) is 1. The summed E-state index contributed by atoms with van der Waals surface area (Å²) >= 11 is 0. The number of aromatic nitrogens is 1. The third kappa shape index (κ3) is 5.07. The van der Waals surface area contributed by atoms with Gasteiger partial charge >= 0.3 is 0 Å². The van der Waals surface area contributed by atoms with E-state index in [1.165, 1.54) is 0 Å². The molecule has 0 bridgehead atoms. The lowest BCUT2D eigenvalue weighted by Gasteiger charge is -2.24. The molecule has 0 atom stereocenters. The molecule has 2 aromatic rings. The van der Waals surface area contributed by atoms with Crippen molar-refractivity contribution < 1.29 is 14.3 Å². The average Bonchev–Trinajstić information content (AvgIpc) is 2.74. The molecule has 0 unspecified atom stereocenters. The van der Waals surface area contributed by atoms with Crippen LogP contribution in [0, 0.1) is 12.8 Å². The largest absolute Gasteiger partial charge is 0.491 e. The molecule has 1 aliphatic heterocycles. The molecule has 156 valence electrons. The maximum Gasteiger partial charge on any atom is 0.253 e. The van der Waals surface area contributed by atoms with Gasteiger partial charge in [-0.15, -0.1) is 0 Å². The number of aldehydes is 1. The molecule has 3 rings (SSSR count). The normalized spacial score (nSPS) is 14.6. The van der Waals surface area contributed by atoms with Crippen LogP contribution in [-0.4, -0.2) is 37.7 Å². The molecular formula is C23H30N2O4. The van der Waals surface area contributed by atoms with Gasteiger partial charge in [-0.05, 0) is 67.0 Å². The van der Waals surface area contributed by atoms with Gasteiger partial charge in [0.2, 0.25) is 0 Å². The fourth-order valence-electron chi connectivity index (χ4n) is 3.81. The van der Waals surface area contributed by atoms with Crippen LogP contribution in [0.15, 0.2) is 29.2 Å². The van der Waals surface area contributed by atoms with Crippen molar-refractivity contribution in [3.05, 3.63) is 45.9 Å². The van der Waals surface area contributed by atoms with E-state index in [1.54, 1.807) is 11.6 Å². The second-order valence-corrected chi connectivity index (χ2v) is 7.66. The molecule has 0 saturated carbocycles. The molecule has 6 nitrogen and oxygen atoms in total. The van der Waals surface area contributed by atoms with Crippen molar-refractivity contribution in [3.63, 3.8) is 0 Å². The Morgan fingerprint density at radius 1 is 1.24 bits per heavy atom. The number of carbonyl (C=O) groups excluding carboxylic acids is 1. The number of hydrogen-bond acceptors (Lipinski definition) is 5. The van der Waals surface area contributed by atoms with E-state index in [0.717, 1.165) is 60.5 Å². The topological polar surface area (TPSA) is 69.6 Å². The van der Waals surface area contributed by atoms with Crippen LogP contribution in [0.1, 0.15) is 30.4 Å². The molecule has 0 spiro atoms. The van der Waals surface area contributed by atoms with E-state index in [0.29, 0.717) is 30.9 Å². The molecule has 0 amide bonds. The van der Waals surface area contributed by atoms with Gasteiger partial charge in [0.15, 0.2) is 0 Å². The van der Waals surface area contributed by atoms with Gasteiger partial charge in [-0.1, -0.05) is 0 Å². The lowest BCUT2D eigenvalue weighted by atomic mass is 9.98. The zero-order valence-corrected chi connectivity index (χ0v) is 17.5. The summed E-state index contributed by atoms with van der Waals surface area (Å²) in [5.41, 5.74) is 4.58. The summed E-state index contributed by atoms with van der Waals surface area (Å²) in [5.74, 6) is 1.26. The lowest BCUT2D eigenvalue weighted by molar-refractivity contribution is -0.107. The number of hydrogen-bond donors (Lipinski definition) is 1. The highest BCUT2D eigenvalue weighted by molar-refractivity contribution is 5.74. The first kappa shape index (κ1) is 21.1. The van der Waals surface area contributed by atoms with Crippen molar-refractivity contribution in [2.45, 2.75) is 32.6 Å². The number of ether oxygens (including phenoxy) is 2. The fourth-order valence-corrected chi connectivity index (χ4v) is 3.81. The van der Waals surface area contributed by atoms with E-state index < -0.39 is 0 Å². The summed E-state index contributed by atoms with van der Waals surface area (Å²) in [7, 11) is 3.63. The van der Waals surface area contributed by atoms with Crippen LogP contribution in [0.3, 0.4) is 0 Å². The molecule has 1 aromatic carbocycles. The summed E-state index contributed by atoms with van der Waals surface area (Å²) < 4.78 is 13.3. The van der Waals surface area contributed by atoms with Gasteiger partial charge < -0.3 is 24.2 Å². The van der Waals surface area contributed by atoms with E-state index in [4.69, 9.17) is 9.47 Å². The minimum absolute atomic E-state index is 0.00207. The van der Waals surface area contributed by atoms with Crippen molar-refractivity contribution in [2.24, 2.45) is 13.0 Å². The standard InChI is InChI=1S/C23H30N2O4/c1-16-11-20(14-25(3)23(16)27)19-12-18(5-4-8-26)22(24-2)21(13-19)29-15-17-6-9-28-10-7-17/h8,11-14,17,24H,4-7,9-10,15H2,1-3H3. The minimum Gasteiger partial charge on any atom is -0.491 e. The first-order chi connectivity index (χ1) is 14.0. The Balaban J connectivity index is 1.99. The number of nitrogens with zero attached hydrogens (tertiary/aromatic N) is 1. The highest BCUT2D eigenvalue weighted by Crippen LogP contribution is 2.36. The third-order valence-electron chi connectivity index (χ3n) is 5.48. The van der Waals surface area contributed by atoms with E-state index >= 15 is 0 Å². The van der Waals surface area contributed by atoms with Gasteiger partial charge in [0.1, 0.15) is 12.0 Å². The van der Waals surface area contributed by atoms with Crippen LogP contribution in [0.5, 0.6) is 5.75 Å². The van der Waals surface area contributed by atoms with Crippen molar-refractivity contribution >= 4 is 12.0 Å². The molecule has 1 saturated heterocycles. The summed E-state index contributed by atoms with van der Waals surface area (Å²) in [4.78, 5) is 23.1. The van der Waals surface area contributed by atoms with Gasteiger partial charge in [0.25, 0.3) is 5.56 Å². The van der Waals surface area contributed by atoms with Gasteiger partial charge in [-0.2, -0.15) is 0 Å². The summed E-state index contributed by atoms with van der Waals surface area (Å²) in [6.07, 6.45) is 5.87. The minimum atomic E-state index is -0.00207. The molecular weight excluding hydrogens is 368 g/mol. The number of anilines is 1. The van der Waals surface area contributed by atoms with Gasteiger partial charge in [-0.3, -0.25) is 4.79 Å². The summed E-state index contributed by atoms with van der Waals surface area (Å²) in [5, 5.41) is 3.25. The molecule has 0 radical (unpaired) electrons. The SMILES string of the molecule is CNc1c(CCC=O)cc(-c2cc(C)c(=O)n(C)c2)cc1OCC1CCOCC1. The number of pyridine rings is 1. The van der Waals surface area contributed by atoms with Crippen LogP contribution in [-0.2, 0) is 23.0 Å². The molecule has 6 heteroatoms. The van der Waals surface area contributed by atoms with Crippen LogP contribution in [0.2, 0.25) is 0 Å². The maximum absolute atomic E-state index is 12.1. The number of aryl methyl sites for hydroxylation is 3. The Morgan fingerprint density at radius 3 is 2.66 bits per heavy atom. The summed E-state index contributed by atoms with van der Waals surface area (Å²) in [6.45, 7) is 4.04. The number of benzene rings is 1. The van der Waals surface area contributed by atoms with Crippen molar-refractivity contribution in [3.8, 4) is 16.9 Å². The van der Waals surface area contributed by atoms with Gasteiger partial charge in [0.05, 0.1) is 12.3 Å². The zero-order chi connectivity index (χ0) is 20.8. The highest BCUT2D eigenvalue weighted by atomic mass is 16.5. The lowest BCUT2D eigenvalue weighted by Crippen LogP contribution is -2.21. The van der Waals surface area contributed by atoms with Crippen molar-refractivity contribution in [1.82, 2.24) is 4.57 Å². The number of rotatable bonds is 8. The second kappa shape index (κ2) is 9.74. The Kier molecular flexibility index (Phi) is 7.09. The van der Waals surface area contributed by atoms with Crippen molar-refractivity contribution in [2.75, 3.05) is 32.2 Å². The zero-order valence-electron chi connectivity index (χ0n) is 17.5. The first-order valence-corrected chi connectivity index (χ1v) is 10.2. The van der Waals surface area contributed by atoms with Crippen LogP contribution in [0.4, 0.5) is 5.69 Å². The van der Waals surface area contributed by atoms with E-state index in [9.17, 15) is 9.59 Å². The average molecular weight is 399 g/mol. The second-order valence-electron chi connectivity index (χ2n) is 7.66. The molecule has 0 aliphatic carbocycles. The van der Waals surface area contributed by atoms with Crippen molar-refractivity contribution in [1.29, 1.82) is 0 Å². The summed E-state index contributed by atoms with van der Waals surface area (Å²) in [6, 6.07) is 6.01. The monoisotopic (exact) mass is 398 g/mol. The van der Waals surface area contributed by atoms with E-state index in [1.807, 2.05) is 32.3 Å². The van der Waals surface area contributed by atoms with Crippen LogP contribution in [0.25, 0.3) is 11.1 Å². The molecule has 29 heavy (non-hydrogen) atoms. The molecule has 2 heterocycles. The number of carbonyl (C=O) groups is 1. The molecule has 1 aliphatic rings. The first-order valence-electron chi connectivity index (χ1n) is 10.2. The fraction of sp³-hybridized carbons (Fsp3) is 0.478. The quantitative estimate of drug-likeness (QED) is 0.691. The molecule has 1 fully saturated rings. The van der Waals surface area contributed by atoms with Crippen LogP contribution < -0.4 is 15.6 Å². The highest BCUT2D eigenvalue weighted by Gasteiger charge is 2.18. The van der Waals surface area contributed by atoms with Gasteiger partial charge in [0, 0.05) is 45.5 Å². The Bertz CT molecular complexity index is 888. The van der Waals surface area contributed by atoms with Gasteiger partial charge in [-0.25, -0.2) is 0 Å². The van der Waals surface area contributed by atoms with E-state index in [2.05, 4.69) is 11.4 Å². The molecule has 1 N–H and O–H groups in total. The Hall–Kier alpha value is -2.60. The maximum atomic E-state index is 12.1. The third-order valence-corrected chi connectivity index (χ3v) is 5.48. The van der Waals surface area contributed by atoms with E-state index in [-0.39, 0.29) is 5.56 Å². The predicted molar refractivity (Wildman–Crippen MR) is 115 cm³/mol. The van der Waals surface area contributed by atoms with Crippen LogP contribution >= 0.6 is 0 Å². The smallest absolute Gasteiger partial charge is 0.253 e. The Labute approximate surface area is 171 Å². The predicted octanol–water partition coefficient (Wildman–Crippen LogP) is 3.34. The Morgan fingerprint density at radius 2 is 2.00 bits per heavy atom.